The summed E-state index contributed by atoms with van der Waals surface area (Å²) < 4.78 is 0. The molecule has 0 aliphatic carbocycles. The molecule has 0 saturated carbocycles. The minimum Gasteiger partial charge on any atom is -0.365 e. The zero-order valence-corrected chi connectivity index (χ0v) is 21.4. The van der Waals surface area contributed by atoms with Gasteiger partial charge in [-0.1, -0.05) is 23.7 Å². The zero-order chi connectivity index (χ0) is 24.0. The van der Waals surface area contributed by atoms with Crippen LogP contribution in [0.1, 0.15) is 55.2 Å². The van der Waals surface area contributed by atoms with E-state index in [9.17, 15) is 0 Å². The fraction of sp³-hybridized carbons (Fsp3) is 0.296. The molecule has 34 heavy (non-hydrogen) atoms. The molecule has 0 amide bonds. The first-order valence-electron chi connectivity index (χ1n) is 11.4. The van der Waals surface area contributed by atoms with Gasteiger partial charge in [0.15, 0.2) is 5.11 Å². The predicted octanol–water partition coefficient (Wildman–Crippen LogP) is 5.93. The normalized spacial score (nSPS) is 21.2. The SMILES string of the molecule is CC1=CC(C)(C)N(C)c2cc(Cl)c([C@H]3[C@@H](c4ccccn4)NC(=S)N3Cc3ccncc3)cc21. The van der Waals surface area contributed by atoms with Crippen molar-refractivity contribution < 1.29 is 0 Å². The van der Waals surface area contributed by atoms with Crippen molar-refractivity contribution in [3.8, 4) is 0 Å². The number of aromatic nitrogens is 2. The molecule has 0 unspecified atom stereocenters. The van der Waals surface area contributed by atoms with Crippen LogP contribution in [0.5, 0.6) is 0 Å². The van der Waals surface area contributed by atoms with Gasteiger partial charge in [-0.25, -0.2) is 0 Å². The largest absolute Gasteiger partial charge is 0.365 e. The molecule has 1 fully saturated rings. The van der Waals surface area contributed by atoms with Crippen LogP contribution in [0.25, 0.3) is 5.57 Å². The van der Waals surface area contributed by atoms with Crippen LogP contribution in [0.2, 0.25) is 5.02 Å². The quantitative estimate of drug-likeness (QED) is 0.458. The van der Waals surface area contributed by atoms with Crippen LogP contribution in [-0.4, -0.2) is 32.6 Å². The number of nitrogens with zero attached hydrogens (tertiary/aromatic N) is 4. The first-order valence-corrected chi connectivity index (χ1v) is 12.2. The lowest BCUT2D eigenvalue weighted by atomic mass is 9.86. The second-order valence-electron chi connectivity index (χ2n) is 9.54. The van der Waals surface area contributed by atoms with E-state index in [2.05, 4.69) is 71.1 Å². The molecule has 5 nitrogen and oxygen atoms in total. The monoisotopic (exact) mass is 489 g/mol. The van der Waals surface area contributed by atoms with E-state index in [1.165, 1.54) is 11.1 Å². The second-order valence-corrected chi connectivity index (χ2v) is 10.3. The Hall–Kier alpha value is -2.96. The van der Waals surface area contributed by atoms with Gasteiger partial charge in [-0.05, 0) is 86.1 Å². The number of pyridine rings is 2. The molecule has 174 valence electrons. The number of hydrogen-bond donors (Lipinski definition) is 1. The van der Waals surface area contributed by atoms with Crippen molar-refractivity contribution in [2.75, 3.05) is 11.9 Å². The lowest BCUT2D eigenvalue weighted by Gasteiger charge is -2.41. The molecule has 7 heteroatoms. The van der Waals surface area contributed by atoms with Crippen LogP contribution in [-0.2, 0) is 6.54 Å². The average molecular weight is 490 g/mol. The number of hydrogen-bond acceptors (Lipinski definition) is 4. The number of likely N-dealkylation sites (N-methyl/N-ethyl adjacent to an activating group) is 1. The maximum atomic E-state index is 7.04. The van der Waals surface area contributed by atoms with Crippen LogP contribution < -0.4 is 10.2 Å². The second kappa shape index (κ2) is 8.67. The van der Waals surface area contributed by atoms with Crippen LogP contribution in [0, 0.1) is 0 Å². The van der Waals surface area contributed by atoms with Crippen molar-refractivity contribution in [3.63, 3.8) is 0 Å². The third kappa shape index (κ3) is 3.95. The molecule has 2 atom stereocenters. The Morgan fingerprint density at radius 2 is 1.88 bits per heavy atom. The lowest BCUT2D eigenvalue weighted by Crippen LogP contribution is -2.42. The van der Waals surface area contributed by atoms with E-state index in [-0.39, 0.29) is 17.6 Å². The summed E-state index contributed by atoms with van der Waals surface area (Å²) in [6, 6.07) is 14.1. The first-order chi connectivity index (χ1) is 16.3. The molecule has 0 bridgehead atoms. The maximum absolute atomic E-state index is 7.04. The fourth-order valence-corrected chi connectivity index (χ4v) is 5.59. The van der Waals surface area contributed by atoms with E-state index in [0.29, 0.717) is 11.7 Å². The third-order valence-corrected chi connectivity index (χ3v) is 7.63. The summed E-state index contributed by atoms with van der Waals surface area (Å²) in [5.41, 5.74) is 6.62. The van der Waals surface area contributed by atoms with Crippen LogP contribution in [0.4, 0.5) is 5.69 Å². The summed E-state index contributed by atoms with van der Waals surface area (Å²) in [4.78, 5) is 13.3. The topological polar surface area (TPSA) is 44.3 Å². The van der Waals surface area contributed by atoms with Gasteiger partial charge < -0.3 is 15.1 Å². The van der Waals surface area contributed by atoms with E-state index in [4.69, 9.17) is 23.8 Å². The predicted molar refractivity (Wildman–Crippen MR) is 143 cm³/mol. The van der Waals surface area contributed by atoms with Crippen molar-refractivity contribution >= 4 is 40.2 Å². The number of allylic oxidation sites excluding steroid dienone is 1. The van der Waals surface area contributed by atoms with E-state index in [1.54, 1.807) is 0 Å². The molecule has 1 aromatic carbocycles. The van der Waals surface area contributed by atoms with Crippen LogP contribution in [0.3, 0.4) is 0 Å². The molecule has 4 heterocycles. The maximum Gasteiger partial charge on any atom is 0.170 e. The van der Waals surface area contributed by atoms with Gasteiger partial charge >= 0.3 is 0 Å². The Morgan fingerprint density at radius 3 is 2.59 bits per heavy atom. The van der Waals surface area contributed by atoms with Crippen molar-refractivity contribution in [1.29, 1.82) is 0 Å². The highest BCUT2D eigenvalue weighted by atomic mass is 35.5. The molecule has 2 aromatic heterocycles. The van der Waals surface area contributed by atoms with E-state index >= 15 is 0 Å². The summed E-state index contributed by atoms with van der Waals surface area (Å²) in [5.74, 6) is 0. The Morgan fingerprint density at radius 1 is 1.12 bits per heavy atom. The molecule has 1 N–H and O–H groups in total. The Labute approximate surface area is 211 Å². The van der Waals surface area contributed by atoms with Gasteiger partial charge in [-0.3, -0.25) is 9.97 Å². The highest BCUT2D eigenvalue weighted by Crippen LogP contribution is 2.47. The third-order valence-electron chi connectivity index (χ3n) is 6.95. The number of halogens is 1. The van der Waals surface area contributed by atoms with Gasteiger partial charge in [0, 0.05) is 48.5 Å². The van der Waals surface area contributed by atoms with Gasteiger partial charge in [0.1, 0.15) is 0 Å². The molecular weight excluding hydrogens is 462 g/mol. The van der Waals surface area contributed by atoms with Gasteiger partial charge in [0.25, 0.3) is 0 Å². The van der Waals surface area contributed by atoms with Crippen molar-refractivity contribution in [2.24, 2.45) is 0 Å². The lowest BCUT2D eigenvalue weighted by molar-refractivity contribution is 0.311. The van der Waals surface area contributed by atoms with Crippen molar-refractivity contribution in [1.82, 2.24) is 20.2 Å². The Kier molecular flexibility index (Phi) is 5.82. The minimum atomic E-state index is -0.117. The highest BCUT2D eigenvalue weighted by molar-refractivity contribution is 7.80. The van der Waals surface area contributed by atoms with Gasteiger partial charge in [-0.15, -0.1) is 0 Å². The van der Waals surface area contributed by atoms with Crippen molar-refractivity contribution in [2.45, 2.75) is 44.9 Å². The molecule has 0 radical (unpaired) electrons. The molecule has 5 rings (SSSR count). The summed E-state index contributed by atoms with van der Waals surface area (Å²) >= 11 is 12.9. The summed E-state index contributed by atoms with van der Waals surface area (Å²) in [5, 5.41) is 4.95. The summed E-state index contributed by atoms with van der Waals surface area (Å²) in [6.07, 6.45) is 7.76. The number of rotatable bonds is 4. The van der Waals surface area contributed by atoms with E-state index in [0.717, 1.165) is 27.5 Å². The molecule has 2 aliphatic rings. The number of anilines is 1. The number of benzene rings is 1. The number of thiocarbonyl (C=S) groups is 1. The highest BCUT2D eigenvalue weighted by Gasteiger charge is 2.41. The molecule has 3 aromatic rings. The average Bonchev–Trinajstić information content (AvgIpc) is 3.14. The smallest absolute Gasteiger partial charge is 0.170 e. The molecular formula is C27H28ClN5S. The fourth-order valence-electron chi connectivity index (χ4n) is 5.01. The standard InChI is InChI=1S/C27H28ClN5S/c1-17-15-27(2,3)32(4)23-14-21(28)20(13-19(17)23)25-24(22-7-5-6-10-30-22)31-26(34)33(25)16-18-8-11-29-12-9-18/h5-15,24-25H,16H2,1-4H3,(H,31,34)/t24-,25+/m1/s1. The van der Waals surface area contributed by atoms with E-state index in [1.807, 2.05) is 48.9 Å². The van der Waals surface area contributed by atoms with Crippen molar-refractivity contribution in [3.05, 3.63) is 94.5 Å². The zero-order valence-electron chi connectivity index (χ0n) is 19.8. The number of nitrogens with one attached hydrogen (secondary N) is 1. The first kappa shape index (κ1) is 22.8. The van der Waals surface area contributed by atoms with Crippen LogP contribution >= 0.6 is 23.8 Å². The van der Waals surface area contributed by atoms with E-state index < -0.39 is 0 Å². The minimum absolute atomic E-state index is 0.0811. The number of fused-ring (bicyclic) bond motifs is 1. The molecule has 0 spiro atoms. The summed E-state index contributed by atoms with van der Waals surface area (Å²) in [7, 11) is 2.12. The summed E-state index contributed by atoms with van der Waals surface area (Å²) in [6.45, 7) is 7.26. The molecule has 2 aliphatic heterocycles. The van der Waals surface area contributed by atoms with Gasteiger partial charge in [0.05, 0.1) is 23.3 Å². The van der Waals surface area contributed by atoms with Gasteiger partial charge in [-0.2, -0.15) is 0 Å². The Balaban J connectivity index is 1.64. The van der Waals surface area contributed by atoms with Gasteiger partial charge in [0.2, 0.25) is 0 Å². The molecule has 1 saturated heterocycles. The van der Waals surface area contributed by atoms with Crippen LogP contribution in [0.15, 0.2) is 67.1 Å². The Bertz CT molecular complexity index is 1260.